The van der Waals surface area contributed by atoms with Crippen molar-refractivity contribution in [3.8, 4) is 0 Å². The fourth-order valence-corrected chi connectivity index (χ4v) is 3.45. The number of aliphatic imine (C=N–C) groups is 1. The molecule has 0 fully saturated rings. The number of benzene rings is 1. The van der Waals surface area contributed by atoms with Crippen molar-refractivity contribution in [2.75, 3.05) is 23.7 Å². The Balaban J connectivity index is 1.38. The van der Waals surface area contributed by atoms with Crippen molar-refractivity contribution in [3.63, 3.8) is 0 Å². The van der Waals surface area contributed by atoms with Crippen LogP contribution in [0.2, 0.25) is 0 Å². The van der Waals surface area contributed by atoms with Crippen molar-refractivity contribution < 1.29 is 19.1 Å². The van der Waals surface area contributed by atoms with Crippen molar-refractivity contribution in [2.45, 2.75) is 13.5 Å². The number of amidine groups is 1. The monoisotopic (exact) mass is 426 g/mol. The molecule has 2 aliphatic rings. The van der Waals surface area contributed by atoms with E-state index in [-0.39, 0.29) is 17.7 Å². The number of carbonyl (C=O) groups is 3. The number of fused-ring (bicyclic) bond motifs is 1. The Morgan fingerprint density at radius 1 is 1.17 bits per heavy atom. The Bertz CT molecular complexity index is 1030. The summed E-state index contributed by atoms with van der Waals surface area (Å²) in [6.07, 6.45) is 1.53. The summed E-state index contributed by atoms with van der Waals surface area (Å²) in [5, 5.41) is 7.25. The zero-order valence-electron chi connectivity index (χ0n) is 16.0. The highest BCUT2D eigenvalue weighted by Gasteiger charge is 2.31. The standard InChI is InChI=1S/C19H18N6O4S/c1-12(26)21-13-2-4-14(5-3-13)22-17(27)16-9-25-7-6-24(8-15-10-30-11-20-15)18(28)23-19(25)29-16/h2-5,9-11H,6-8H2,1H3,(H,21,26)(H,22,27). The average Bonchev–Trinajstić information content (AvgIpc) is 3.33. The molecule has 1 aromatic heterocycles. The van der Waals surface area contributed by atoms with Crippen molar-refractivity contribution in [3.05, 3.63) is 52.8 Å². The van der Waals surface area contributed by atoms with Gasteiger partial charge in [-0.1, -0.05) is 0 Å². The van der Waals surface area contributed by atoms with Crippen LogP contribution in [0.3, 0.4) is 0 Å². The van der Waals surface area contributed by atoms with Gasteiger partial charge in [0.1, 0.15) is 0 Å². The molecular formula is C19H18N6O4S. The third-order valence-corrected chi connectivity index (χ3v) is 4.95. The van der Waals surface area contributed by atoms with Gasteiger partial charge in [0.25, 0.3) is 5.91 Å². The van der Waals surface area contributed by atoms with Gasteiger partial charge < -0.3 is 20.3 Å². The Morgan fingerprint density at radius 3 is 2.57 bits per heavy atom. The number of nitrogens with zero attached hydrogens (tertiary/aromatic N) is 4. The number of aromatic nitrogens is 1. The van der Waals surface area contributed by atoms with Crippen LogP contribution in [0.15, 0.2) is 52.1 Å². The summed E-state index contributed by atoms with van der Waals surface area (Å²) in [6, 6.07) is 6.31. The summed E-state index contributed by atoms with van der Waals surface area (Å²) in [7, 11) is 0. The first-order chi connectivity index (χ1) is 14.5. The van der Waals surface area contributed by atoms with Crippen molar-refractivity contribution >= 4 is 46.6 Å². The first-order valence-electron chi connectivity index (χ1n) is 9.08. The molecule has 30 heavy (non-hydrogen) atoms. The first-order valence-corrected chi connectivity index (χ1v) is 10.0. The lowest BCUT2D eigenvalue weighted by Crippen LogP contribution is -2.32. The second-order valence-corrected chi connectivity index (χ2v) is 7.30. The number of carbonyl (C=O) groups excluding carboxylic acids is 3. The van der Waals surface area contributed by atoms with Gasteiger partial charge in [0.2, 0.25) is 11.7 Å². The summed E-state index contributed by atoms with van der Waals surface area (Å²) >= 11 is 1.47. The summed E-state index contributed by atoms with van der Waals surface area (Å²) in [5.74, 6) is -0.602. The predicted octanol–water partition coefficient (Wildman–Crippen LogP) is 2.21. The van der Waals surface area contributed by atoms with E-state index >= 15 is 0 Å². The second kappa shape index (κ2) is 8.33. The van der Waals surface area contributed by atoms with Crippen LogP contribution in [-0.2, 0) is 20.9 Å². The molecule has 2 aromatic rings. The zero-order valence-corrected chi connectivity index (χ0v) is 16.8. The molecule has 2 N–H and O–H groups in total. The third kappa shape index (κ3) is 4.46. The van der Waals surface area contributed by atoms with E-state index in [2.05, 4.69) is 20.6 Å². The molecule has 4 rings (SSSR count). The van der Waals surface area contributed by atoms with E-state index in [0.29, 0.717) is 31.0 Å². The molecule has 0 saturated heterocycles. The lowest BCUT2D eigenvalue weighted by Gasteiger charge is -2.18. The smallest absolute Gasteiger partial charge is 0.348 e. The fraction of sp³-hybridized carbons (Fsp3) is 0.211. The molecule has 3 heterocycles. The van der Waals surface area contributed by atoms with Crippen LogP contribution in [0.1, 0.15) is 12.6 Å². The van der Waals surface area contributed by atoms with Crippen LogP contribution in [0.5, 0.6) is 0 Å². The molecular weight excluding hydrogens is 408 g/mol. The normalized spacial score (nSPS) is 15.6. The zero-order chi connectivity index (χ0) is 21.1. The van der Waals surface area contributed by atoms with E-state index < -0.39 is 11.9 Å². The Hall–Kier alpha value is -3.73. The summed E-state index contributed by atoms with van der Waals surface area (Å²) in [6.45, 7) is 2.65. The lowest BCUT2D eigenvalue weighted by atomic mass is 10.2. The number of rotatable bonds is 5. The quantitative estimate of drug-likeness (QED) is 0.757. The molecule has 154 valence electrons. The average molecular weight is 426 g/mol. The molecule has 0 radical (unpaired) electrons. The molecule has 2 aliphatic heterocycles. The molecule has 11 heteroatoms. The molecule has 0 bridgehead atoms. The summed E-state index contributed by atoms with van der Waals surface area (Å²) in [5.41, 5.74) is 3.68. The highest BCUT2D eigenvalue weighted by molar-refractivity contribution is 7.07. The summed E-state index contributed by atoms with van der Waals surface area (Å²) in [4.78, 5) is 47.4. The summed E-state index contributed by atoms with van der Waals surface area (Å²) < 4.78 is 5.52. The van der Waals surface area contributed by atoms with Gasteiger partial charge in [0, 0.05) is 36.8 Å². The van der Waals surface area contributed by atoms with Crippen molar-refractivity contribution in [1.29, 1.82) is 0 Å². The van der Waals surface area contributed by atoms with E-state index in [4.69, 9.17) is 4.74 Å². The molecule has 0 aliphatic carbocycles. The molecule has 0 unspecified atom stereocenters. The van der Waals surface area contributed by atoms with Crippen LogP contribution < -0.4 is 10.6 Å². The van der Waals surface area contributed by atoms with E-state index in [1.165, 1.54) is 24.5 Å². The van der Waals surface area contributed by atoms with Crippen LogP contribution in [0.25, 0.3) is 0 Å². The number of hydrogen-bond donors (Lipinski definition) is 2. The Morgan fingerprint density at radius 2 is 1.90 bits per heavy atom. The third-order valence-electron chi connectivity index (χ3n) is 4.32. The first kappa shape index (κ1) is 19.6. The second-order valence-electron chi connectivity index (χ2n) is 6.58. The maximum absolute atomic E-state index is 12.5. The van der Waals surface area contributed by atoms with Gasteiger partial charge in [0.05, 0.1) is 23.9 Å². The van der Waals surface area contributed by atoms with Crippen LogP contribution >= 0.6 is 11.3 Å². The number of hydrogen-bond acceptors (Lipinski definition) is 7. The van der Waals surface area contributed by atoms with Gasteiger partial charge >= 0.3 is 12.1 Å². The fourth-order valence-electron chi connectivity index (χ4n) is 2.90. The van der Waals surface area contributed by atoms with E-state index in [1.807, 2.05) is 5.38 Å². The Labute approximate surface area is 175 Å². The van der Waals surface area contributed by atoms with Gasteiger partial charge in [-0.15, -0.1) is 16.3 Å². The number of anilines is 2. The van der Waals surface area contributed by atoms with Crippen LogP contribution in [-0.4, -0.2) is 51.7 Å². The lowest BCUT2D eigenvalue weighted by molar-refractivity contribution is -0.115. The van der Waals surface area contributed by atoms with E-state index in [9.17, 15) is 14.4 Å². The molecule has 0 atom stereocenters. The van der Waals surface area contributed by atoms with Gasteiger partial charge in [0.15, 0.2) is 0 Å². The van der Waals surface area contributed by atoms with Gasteiger partial charge in [-0.05, 0) is 24.3 Å². The number of nitrogens with one attached hydrogen (secondary N) is 2. The topological polar surface area (TPSA) is 116 Å². The molecule has 0 saturated carbocycles. The number of amides is 4. The highest BCUT2D eigenvalue weighted by Crippen LogP contribution is 2.20. The van der Waals surface area contributed by atoms with Crippen molar-refractivity contribution in [2.24, 2.45) is 4.99 Å². The minimum atomic E-state index is -0.468. The molecule has 10 nitrogen and oxygen atoms in total. The predicted molar refractivity (Wildman–Crippen MR) is 111 cm³/mol. The maximum Gasteiger partial charge on any atom is 0.348 e. The van der Waals surface area contributed by atoms with Gasteiger partial charge in [-0.25, -0.2) is 9.78 Å². The van der Waals surface area contributed by atoms with Gasteiger partial charge in [-0.2, -0.15) is 0 Å². The van der Waals surface area contributed by atoms with E-state index in [1.54, 1.807) is 39.6 Å². The van der Waals surface area contributed by atoms with E-state index in [0.717, 1.165) is 5.69 Å². The highest BCUT2D eigenvalue weighted by atomic mass is 32.1. The maximum atomic E-state index is 12.5. The molecule has 4 amide bonds. The minimum Gasteiger partial charge on any atom is -0.418 e. The van der Waals surface area contributed by atoms with Crippen LogP contribution in [0, 0.1) is 0 Å². The largest absolute Gasteiger partial charge is 0.418 e. The van der Waals surface area contributed by atoms with Crippen molar-refractivity contribution in [1.82, 2.24) is 14.8 Å². The SMILES string of the molecule is CC(=O)Nc1ccc(NC(=O)C2=CN3CCN(Cc4cscn4)C(=O)N=C3O2)cc1. The number of ether oxygens (including phenoxy) is 1. The molecule has 0 spiro atoms. The van der Waals surface area contributed by atoms with Gasteiger partial charge in [-0.3, -0.25) is 14.5 Å². The minimum absolute atomic E-state index is 0.0421. The van der Waals surface area contributed by atoms with Crippen LogP contribution in [0.4, 0.5) is 16.2 Å². The molecule has 1 aromatic carbocycles. The number of urea groups is 1. The Kier molecular flexibility index (Phi) is 5.44. The number of thiazole rings is 1.